The highest BCUT2D eigenvalue weighted by Gasteiger charge is 2.69. The number of fused-ring (bicyclic) bond motifs is 3. The van der Waals surface area contributed by atoms with Crippen molar-refractivity contribution in [1.29, 1.82) is 0 Å². The minimum Gasteiger partial charge on any atom is -0.507 e. The Balaban J connectivity index is 1.85. The van der Waals surface area contributed by atoms with Crippen LogP contribution in [-0.2, 0) is 30.4 Å². The number of hydrogen-bond donors (Lipinski definition) is 3. The van der Waals surface area contributed by atoms with E-state index in [0.29, 0.717) is 16.8 Å². The summed E-state index contributed by atoms with van der Waals surface area (Å²) in [6.45, 7) is 5.31. The maximum absolute atomic E-state index is 13.8. The minimum absolute atomic E-state index is 0.0162. The molecule has 1 aromatic carbocycles. The van der Waals surface area contributed by atoms with Gasteiger partial charge in [-0.25, -0.2) is 0 Å². The number of aromatic hydroxyl groups is 1. The highest BCUT2D eigenvalue weighted by atomic mass is 16.6. The molecular weight excluding hydrogens is 482 g/mol. The van der Waals surface area contributed by atoms with Crippen molar-refractivity contribution in [2.75, 3.05) is 14.1 Å². The number of phenolic OH excluding ortho intramolecular Hbond substituents is 1. The molecule has 198 valence electrons. The zero-order valence-electron chi connectivity index (χ0n) is 21.3. The summed E-state index contributed by atoms with van der Waals surface area (Å²) in [5.74, 6) is -10.8. The van der Waals surface area contributed by atoms with Crippen LogP contribution in [0.15, 0.2) is 17.3 Å². The van der Waals surface area contributed by atoms with Crippen molar-refractivity contribution in [3.63, 3.8) is 0 Å². The van der Waals surface area contributed by atoms with Crippen molar-refractivity contribution < 1.29 is 39.0 Å². The number of primary amides is 1. The third kappa shape index (κ3) is 3.88. The Labute approximate surface area is 213 Å². The molecule has 2 saturated carbocycles. The molecule has 1 aromatic rings. The van der Waals surface area contributed by atoms with Crippen LogP contribution in [-0.4, -0.2) is 81.7 Å². The Morgan fingerprint density at radius 1 is 1.19 bits per heavy atom. The largest absolute Gasteiger partial charge is 0.507 e. The Kier molecular flexibility index (Phi) is 6.58. The number of rotatable bonds is 5. The van der Waals surface area contributed by atoms with Crippen molar-refractivity contribution in [2.45, 2.75) is 51.4 Å². The molecule has 0 spiro atoms. The van der Waals surface area contributed by atoms with Gasteiger partial charge in [0.2, 0.25) is 5.91 Å². The average molecular weight is 514 g/mol. The van der Waals surface area contributed by atoms with Crippen molar-refractivity contribution in [1.82, 2.24) is 4.90 Å². The molecule has 3 aliphatic rings. The van der Waals surface area contributed by atoms with E-state index in [1.54, 1.807) is 27.1 Å². The molecule has 1 amide bonds. The zero-order chi connectivity index (χ0) is 27.6. The van der Waals surface area contributed by atoms with Gasteiger partial charge in [0.25, 0.3) is 0 Å². The molecule has 2 fully saturated rings. The summed E-state index contributed by atoms with van der Waals surface area (Å²) >= 11 is 0. The van der Waals surface area contributed by atoms with E-state index in [1.165, 1.54) is 11.0 Å². The fourth-order valence-corrected chi connectivity index (χ4v) is 6.18. The normalized spacial score (nSPS) is 31.8. The van der Waals surface area contributed by atoms with Crippen LogP contribution in [0.2, 0.25) is 0 Å². The fraction of sp³-hybridized carbons (Fsp3) is 0.538. The van der Waals surface area contributed by atoms with Gasteiger partial charge in [-0.2, -0.15) is 0 Å². The van der Waals surface area contributed by atoms with E-state index in [-0.39, 0.29) is 30.3 Å². The molecule has 3 unspecified atom stereocenters. The van der Waals surface area contributed by atoms with E-state index >= 15 is 0 Å². The number of benzene rings is 1. The van der Waals surface area contributed by atoms with Crippen molar-refractivity contribution in [3.8, 4) is 5.75 Å². The molecule has 0 aliphatic heterocycles. The fourth-order valence-electron chi connectivity index (χ4n) is 6.18. The Morgan fingerprint density at radius 3 is 2.41 bits per heavy atom. The smallest absolute Gasteiger partial charge is 0.235 e. The first-order valence-electron chi connectivity index (χ1n) is 12.1. The van der Waals surface area contributed by atoms with Gasteiger partial charge in [0.1, 0.15) is 11.9 Å². The van der Waals surface area contributed by atoms with Gasteiger partial charge < -0.3 is 20.8 Å². The van der Waals surface area contributed by atoms with E-state index in [1.807, 2.05) is 13.8 Å². The first-order valence-corrected chi connectivity index (χ1v) is 12.1. The maximum atomic E-state index is 13.8. The number of carbonyl (C=O) groups is 5. The van der Waals surface area contributed by atoms with Crippen molar-refractivity contribution in [2.24, 2.45) is 34.6 Å². The quantitative estimate of drug-likeness (QED) is 0.278. The topological polar surface area (TPSA) is 177 Å². The first-order chi connectivity index (χ1) is 17.2. The number of ketones is 4. The second-order valence-electron chi connectivity index (χ2n) is 10.6. The van der Waals surface area contributed by atoms with Crippen LogP contribution < -0.4 is 5.73 Å². The molecule has 0 bridgehead atoms. The van der Waals surface area contributed by atoms with E-state index in [0.717, 1.165) is 0 Å². The maximum Gasteiger partial charge on any atom is 0.235 e. The predicted octanol–water partition coefficient (Wildman–Crippen LogP) is 0.0160. The molecule has 6 atom stereocenters. The van der Waals surface area contributed by atoms with Gasteiger partial charge in [0.15, 0.2) is 34.7 Å². The monoisotopic (exact) mass is 513 g/mol. The SMILES string of the molecule is CC(=NOC(C)C)c1ccc(O)c2c1C[C@@H]1C[C@@H]3C(N(C)C)C(=O)C(C(N)=O)C(=O)[C@]3(O)C(=O)C1C2=O. The van der Waals surface area contributed by atoms with Gasteiger partial charge in [-0.05, 0) is 71.3 Å². The third-order valence-electron chi connectivity index (χ3n) is 7.74. The van der Waals surface area contributed by atoms with Crippen LogP contribution in [0.4, 0.5) is 0 Å². The van der Waals surface area contributed by atoms with Crippen LogP contribution >= 0.6 is 0 Å². The standard InChI is InChI=1S/C26H31N3O8/c1-10(2)37-28-11(3)13-6-7-16(30)18-14(13)8-12-9-15-20(29(4)5)22(32)19(25(27)35)24(34)26(15,36)23(33)17(12)21(18)31/h6-7,10,12,15,17,19-20,30,36H,8-9H2,1-5H3,(H2,27,35)/t12-,15-,17?,19?,20?,26-/m1/s1. The number of nitrogens with zero attached hydrogens (tertiary/aromatic N) is 2. The number of phenols is 1. The highest BCUT2D eigenvalue weighted by molar-refractivity contribution is 6.32. The molecule has 4 N–H and O–H groups in total. The first kappa shape index (κ1) is 26.6. The lowest BCUT2D eigenvalue weighted by atomic mass is 9.52. The molecular formula is C26H31N3O8. The number of aliphatic hydroxyl groups is 1. The number of nitrogens with two attached hydrogens (primary N) is 1. The van der Waals surface area contributed by atoms with Crippen molar-refractivity contribution in [3.05, 3.63) is 28.8 Å². The van der Waals surface area contributed by atoms with Gasteiger partial charge in [0, 0.05) is 11.5 Å². The number of Topliss-reactive ketones (excluding diaryl/α,β-unsaturated/α-hetero) is 4. The number of carbonyl (C=O) groups excluding carboxylic acids is 5. The van der Waals surface area contributed by atoms with Gasteiger partial charge in [-0.15, -0.1) is 0 Å². The number of oxime groups is 1. The summed E-state index contributed by atoms with van der Waals surface area (Å²) in [6, 6.07) is 1.79. The summed E-state index contributed by atoms with van der Waals surface area (Å²) in [5.41, 5.74) is 4.00. The predicted molar refractivity (Wildman–Crippen MR) is 130 cm³/mol. The summed E-state index contributed by atoms with van der Waals surface area (Å²) < 4.78 is 0. The molecule has 0 saturated heterocycles. The Hall–Kier alpha value is -3.44. The molecule has 4 rings (SSSR count). The second kappa shape index (κ2) is 9.14. The summed E-state index contributed by atoms with van der Waals surface area (Å²) in [4.78, 5) is 72.7. The number of likely N-dealkylation sites (N-methyl/N-ethyl adjacent to an activating group) is 1. The Morgan fingerprint density at radius 2 is 1.84 bits per heavy atom. The number of amides is 1. The average Bonchev–Trinajstić information content (AvgIpc) is 2.79. The lowest BCUT2D eigenvalue weighted by Crippen LogP contribution is -2.74. The molecule has 11 heteroatoms. The second-order valence-corrected chi connectivity index (χ2v) is 10.6. The molecule has 0 heterocycles. The lowest BCUT2D eigenvalue weighted by molar-refractivity contribution is -0.181. The van der Waals surface area contributed by atoms with Gasteiger partial charge in [-0.1, -0.05) is 5.16 Å². The lowest BCUT2D eigenvalue weighted by Gasteiger charge is -2.52. The van der Waals surface area contributed by atoms with Crippen LogP contribution in [0.1, 0.15) is 48.7 Å². The minimum atomic E-state index is -2.74. The third-order valence-corrected chi connectivity index (χ3v) is 7.74. The van der Waals surface area contributed by atoms with Crippen LogP contribution in [0.5, 0.6) is 5.75 Å². The Bertz CT molecular complexity index is 1250. The molecule has 0 aromatic heterocycles. The van der Waals surface area contributed by atoms with Crippen molar-refractivity contribution >= 4 is 34.8 Å². The summed E-state index contributed by atoms with van der Waals surface area (Å²) in [7, 11) is 3.08. The van der Waals surface area contributed by atoms with E-state index in [2.05, 4.69) is 5.16 Å². The molecule has 3 aliphatic carbocycles. The van der Waals surface area contributed by atoms with Crippen LogP contribution in [0.25, 0.3) is 0 Å². The number of hydrogen-bond acceptors (Lipinski definition) is 10. The van der Waals surface area contributed by atoms with Crippen LogP contribution in [0, 0.1) is 23.7 Å². The van der Waals surface area contributed by atoms with E-state index < -0.39 is 64.4 Å². The van der Waals surface area contributed by atoms with Gasteiger partial charge in [0.05, 0.1) is 23.2 Å². The van der Waals surface area contributed by atoms with Gasteiger partial charge >= 0.3 is 0 Å². The molecule has 37 heavy (non-hydrogen) atoms. The van der Waals surface area contributed by atoms with E-state index in [9.17, 15) is 34.2 Å². The highest BCUT2D eigenvalue weighted by Crippen LogP contribution is 2.51. The zero-order valence-corrected chi connectivity index (χ0v) is 21.3. The summed E-state index contributed by atoms with van der Waals surface area (Å²) in [6.07, 6.45) is -0.0435. The summed E-state index contributed by atoms with van der Waals surface area (Å²) in [5, 5.41) is 26.3. The molecule has 11 nitrogen and oxygen atoms in total. The molecule has 0 radical (unpaired) electrons. The van der Waals surface area contributed by atoms with Gasteiger partial charge in [-0.3, -0.25) is 28.9 Å². The van der Waals surface area contributed by atoms with E-state index in [4.69, 9.17) is 10.6 Å². The van der Waals surface area contributed by atoms with Crippen LogP contribution in [0.3, 0.4) is 0 Å².